The topological polar surface area (TPSA) is 49.4 Å². The van der Waals surface area contributed by atoms with Crippen molar-refractivity contribution in [3.63, 3.8) is 0 Å². The summed E-state index contributed by atoms with van der Waals surface area (Å²) in [6.45, 7) is 3.71. The van der Waals surface area contributed by atoms with Crippen LogP contribution in [0.2, 0.25) is 0 Å². The average Bonchev–Trinajstić information content (AvgIpc) is 2.41. The number of thioether (sulfide) groups is 1. The molecule has 0 saturated heterocycles. The third-order valence-corrected chi connectivity index (χ3v) is 3.66. The van der Waals surface area contributed by atoms with Crippen molar-refractivity contribution >= 4 is 29.3 Å². The molecule has 0 fully saturated rings. The number of aryl methyl sites for hydroxylation is 1. The fourth-order valence-corrected chi connectivity index (χ4v) is 2.35. The van der Waals surface area contributed by atoms with Crippen LogP contribution in [0.15, 0.2) is 35.9 Å². The lowest BCUT2D eigenvalue weighted by atomic mass is 10.2. The Morgan fingerprint density at radius 1 is 1.37 bits per heavy atom. The van der Waals surface area contributed by atoms with Gasteiger partial charge in [-0.1, -0.05) is 17.7 Å². The lowest BCUT2D eigenvalue weighted by Gasteiger charge is -2.26. The second-order valence-corrected chi connectivity index (χ2v) is 5.32. The number of rotatable bonds is 3. The molecule has 1 N–H and O–H groups in total. The summed E-state index contributed by atoms with van der Waals surface area (Å²) in [5.74, 6) is 0.159. The van der Waals surface area contributed by atoms with Crippen LogP contribution < -0.4 is 5.32 Å². The van der Waals surface area contributed by atoms with E-state index < -0.39 is 6.04 Å². The van der Waals surface area contributed by atoms with Crippen LogP contribution in [-0.4, -0.2) is 28.5 Å². The van der Waals surface area contributed by atoms with E-state index in [9.17, 15) is 9.59 Å². The number of carbonyl (C=O) groups is 2. The van der Waals surface area contributed by atoms with Gasteiger partial charge in [0.05, 0.1) is 5.75 Å². The van der Waals surface area contributed by atoms with Crippen LogP contribution in [0.25, 0.3) is 0 Å². The number of nitrogens with one attached hydrogen (secondary N) is 1. The zero-order valence-electron chi connectivity index (χ0n) is 10.9. The Balaban J connectivity index is 2.03. The SMILES string of the molecule is Cc1ccc(NC(=O)C(C)N2C=CSCC2=O)cc1. The molecule has 0 aliphatic carbocycles. The van der Waals surface area contributed by atoms with Crippen LogP contribution in [0.5, 0.6) is 0 Å². The Morgan fingerprint density at radius 2 is 2.05 bits per heavy atom. The van der Waals surface area contributed by atoms with Crippen molar-refractivity contribution in [2.75, 3.05) is 11.1 Å². The summed E-state index contributed by atoms with van der Waals surface area (Å²) in [5.41, 5.74) is 1.88. The summed E-state index contributed by atoms with van der Waals surface area (Å²) in [4.78, 5) is 25.3. The van der Waals surface area contributed by atoms with Crippen LogP contribution in [0, 0.1) is 6.92 Å². The molecule has 1 aromatic carbocycles. The number of carbonyl (C=O) groups excluding carboxylic acids is 2. The molecular formula is C14H16N2O2S. The van der Waals surface area contributed by atoms with E-state index in [0.717, 1.165) is 11.3 Å². The molecule has 0 spiro atoms. The summed E-state index contributed by atoms with van der Waals surface area (Å²) in [7, 11) is 0. The first kappa shape index (κ1) is 13.7. The molecule has 0 bridgehead atoms. The van der Waals surface area contributed by atoms with Gasteiger partial charge in [0.15, 0.2) is 0 Å². The molecule has 4 nitrogen and oxygen atoms in total. The molecule has 1 aliphatic rings. The summed E-state index contributed by atoms with van der Waals surface area (Å²) >= 11 is 1.44. The highest BCUT2D eigenvalue weighted by molar-refractivity contribution is 8.02. The van der Waals surface area contributed by atoms with Crippen LogP contribution in [0.1, 0.15) is 12.5 Å². The average molecular weight is 276 g/mol. The van der Waals surface area contributed by atoms with Crippen molar-refractivity contribution in [3.05, 3.63) is 41.4 Å². The Hall–Kier alpha value is -1.75. The maximum atomic E-state index is 12.1. The fourth-order valence-electron chi connectivity index (χ4n) is 1.74. The number of hydrogen-bond acceptors (Lipinski definition) is 3. The molecule has 100 valence electrons. The second-order valence-electron chi connectivity index (χ2n) is 4.43. The zero-order valence-corrected chi connectivity index (χ0v) is 11.7. The van der Waals surface area contributed by atoms with E-state index in [1.54, 1.807) is 13.1 Å². The molecule has 2 rings (SSSR count). The molecule has 0 saturated carbocycles. The van der Waals surface area contributed by atoms with Gasteiger partial charge in [-0.15, -0.1) is 11.8 Å². The monoisotopic (exact) mass is 276 g/mol. The second kappa shape index (κ2) is 5.93. The number of benzene rings is 1. The van der Waals surface area contributed by atoms with Crippen LogP contribution in [0.4, 0.5) is 5.69 Å². The van der Waals surface area contributed by atoms with E-state index in [1.807, 2.05) is 36.6 Å². The third-order valence-electron chi connectivity index (χ3n) is 2.93. The van der Waals surface area contributed by atoms with Gasteiger partial charge in [0.25, 0.3) is 0 Å². The molecule has 2 amide bonds. The first-order valence-corrected chi connectivity index (χ1v) is 7.10. The third kappa shape index (κ3) is 3.38. The Kier molecular flexibility index (Phi) is 4.27. The lowest BCUT2D eigenvalue weighted by molar-refractivity contribution is -0.133. The number of hydrogen-bond donors (Lipinski definition) is 1. The zero-order chi connectivity index (χ0) is 13.8. The summed E-state index contributed by atoms with van der Waals surface area (Å²) < 4.78 is 0. The lowest BCUT2D eigenvalue weighted by Crippen LogP contribution is -2.44. The number of amides is 2. The largest absolute Gasteiger partial charge is 0.324 e. The van der Waals surface area contributed by atoms with Crippen molar-refractivity contribution in [2.45, 2.75) is 19.9 Å². The molecule has 1 aromatic rings. The maximum Gasteiger partial charge on any atom is 0.247 e. The highest BCUT2D eigenvalue weighted by Crippen LogP contribution is 2.16. The number of anilines is 1. The van der Waals surface area contributed by atoms with E-state index >= 15 is 0 Å². The summed E-state index contributed by atoms with van der Waals surface area (Å²) in [5, 5.41) is 4.64. The smallest absolute Gasteiger partial charge is 0.247 e. The maximum absolute atomic E-state index is 12.1. The Morgan fingerprint density at radius 3 is 2.68 bits per heavy atom. The first-order chi connectivity index (χ1) is 9.08. The van der Waals surface area contributed by atoms with Gasteiger partial charge in [0, 0.05) is 11.9 Å². The predicted molar refractivity (Wildman–Crippen MR) is 77.7 cm³/mol. The van der Waals surface area contributed by atoms with Crippen molar-refractivity contribution in [2.24, 2.45) is 0 Å². The van der Waals surface area contributed by atoms with Crippen molar-refractivity contribution < 1.29 is 9.59 Å². The van der Waals surface area contributed by atoms with E-state index in [2.05, 4.69) is 5.32 Å². The molecule has 1 aliphatic heterocycles. The minimum atomic E-state index is -0.508. The molecule has 1 unspecified atom stereocenters. The molecular weight excluding hydrogens is 260 g/mol. The fraction of sp³-hybridized carbons (Fsp3) is 0.286. The van der Waals surface area contributed by atoms with Gasteiger partial charge in [-0.25, -0.2) is 0 Å². The molecule has 19 heavy (non-hydrogen) atoms. The number of nitrogens with zero attached hydrogens (tertiary/aromatic N) is 1. The van der Waals surface area contributed by atoms with Crippen LogP contribution in [-0.2, 0) is 9.59 Å². The first-order valence-electron chi connectivity index (χ1n) is 6.05. The Labute approximate surface area is 116 Å². The Bertz CT molecular complexity index is 511. The van der Waals surface area contributed by atoms with Gasteiger partial charge < -0.3 is 10.2 Å². The normalized spacial score (nSPS) is 16.3. The van der Waals surface area contributed by atoms with E-state index in [1.165, 1.54) is 16.7 Å². The van der Waals surface area contributed by atoms with E-state index in [0.29, 0.717) is 5.75 Å². The van der Waals surface area contributed by atoms with Gasteiger partial charge in [0.1, 0.15) is 6.04 Å². The molecule has 5 heteroatoms. The minimum absolute atomic E-state index is 0.0425. The molecule has 0 aromatic heterocycles. The molecule has 1 atom stereocenters. The van der Waals surface area contributed by atoms with Gasteiger partial charge in [-0.2, -0.15) is 0 Å². The molecule has 0 radical (unpaired) electrons. The predicted octanol–water partition coefficient (Wildman–Crippen LogP) is 2.37. The van der Waals surface area contributed by atoms with Crippen molar-refractivity contribution in [1.29, 1.82) is 0 Å². The quantitative estimate of drug-likeness (QED) is 0.922. The van der Waals surface area contributed by atoms with Gasteiger partial charge in [-0.3, -0.25) is 9.59 Å². The van der Waals surface area contributed by atoms with Gasteiger partial charge in [0.2, 0.25) is 11.8 Å². The highest BCUT2D eigenvalue weighted by atomic mass is 32.2. The minimum Gasteiger partial charge on any atom is -0.324 e. The summed E-state index contributed by atoms with van der Waals surface area (Å²) in [6.07, 6.45) is 1.66. The summed E-state index contributed by atoms with van der Waals surface area (Å²) in [6, 6.07) is 7.06. The van der Waals surface area contributed by atoms with Gasteiger partial charge in [-0.05, 0) is 31.4 Å². The van der Waals surface area contributed by atoms with Crippen molar-refractivity contribution in [1.82, 2.24) is 4.90 Å². The standard InChI is InChI=1S/C14H16N2O2S/c1-10-3-5-12(6-4-10)15-14(18)11(2)16-7-8-19-9-13(16)17/h3-8,11H,9H2,1-2H3,(H,15,18). The van der Waals surface area contributed by atoms with Crippen LogP contribution >= 0.6 is 11.8 Å². The van der Waals surface area contributed by atoms with E-state index in [-0.39, 0.29) is 11.8 Å². The van der Waals surface area contributed by atoms with Crippen LogP contribution in [0.3, 0.4) is 0 Å². The molecule has 1 heterocycles. The van der Waals surface area contributed by atoms with Crippen molar-refractivity contribution in [3.8, 4) is 0 Å². The highest BCUT2D eigenvalue weighted by Gasteiger charge is 2.25. The van der Waals surface area contributed by atoms with Gasteiger partial charge >= 0.3 is 0 Å². The van der Waals surface area contributed by atoms with E-state index in [4.69, 9.17) is 0 Å².